The molecule has 0 bridgehead atoms. The summed E-state index contributed by atoms with van der Waals surface area (Å²) in [5.41, 5.74) is 14.9. The fraction of sp³-hybridized carbons (Fsp3) is 0.333. The Hall–Kier alpha value is -3.98. The number of hydrogen-bond donors (Lipinski definition) is 0. The average molecular weight is 556 g/mol. The highest BCUT2D eigenvalue weighted by molar-refractivity contribution is 6.51. The number of benzene rings is 3. The van der Waals surface area contributed by atoms with Crippen molar-refractivity contribution in [2.24, 2.45) is 11.8 Å². The van der Waals surface area contributed by atoms with E-state index in [9.17, 15) is 4.79 Å². The van der Waals surface area contributed by atoms with Crippen LogP contribution in [0.2, 0.25) is 0 Å². The average Bonchev–Trinajstić information content (AvgIpc) is 3.19. The smallest absolute Gasteiger partial charge is 0.260 e. The van der Waals surface area contributed by atoms with Crippen LogP contribution in [0.3, 0.4) is 0 Å². The maximum Gasteiger partial charge on any atom is 0.260 e. The highest BCUT2D eigenvalue weighted by atomic mass is 16.1. The van der Waals surface area contributed by atoms with E-state index < -0.39 is 0 Å². The van der Waals surface area contributed by atoms with Gasteiger partial charge >= 0.3 is 0 Å². The number of rotatable bonds is 4. The summed E-state index contributed by atoms with van der Waals surface area (Å²) in [7, 11) is 2.19. The zero-order valence-electron chi connectivity index (χ0n) is 26.4. The van der Waals surface area contributed by atoms with Gasteiger partial charge < -0.3 is 4.90 Å². The maximum atomic E-state index is 14.4. The van der Waals surface area contributed by atoms with E-state index in [4.69, 9.17) is 0 Å². The van der Waals surface area contributed by atoms with Crippen LogP contribution in [0.5, 0.6) is 0 Å². The van der Waals surface area contributed by atoms with Gasteiger partial charge in [0.1, 0.15) is 5.56 Å². The molecular formula is C39H43N2O+. The Bertz CT molecular complexity index is 1720. The second kappa shape index (κ2) is 10.7. The van der Waals surface area contributed by atoms with Crippen molar-refractivity contribution in [2.75, 3.05) is 11.9 Å². The third kappa shape index (κ3) is 4.79. The normalized spacial score (nSPS) is 22.0. The predicted octanol–water partition coefficient (Wildman–Crippen LogP) is 9.18. The third-order valence-corrected chi connectivity index (χ3v) is 9.58. The van der Waals surface area contributed by atoms with E-state index in [1.807, 2.05) is 0 Å². The van der Waals surface area contributed by atoms with Gasteiger partial charge in [-0.3, -0.25) is 4.79 Å². The molecule has 0 amide bonds. The van der Waals surface area contributed by atoms with Crippen LogP contribution >= 0.6 is 0 Å². The van der Waals surface area contributed by atoms with E-state index in [-0.39, 0.29) is 17.6 Å². The van der Waals surface area contributed by atoms with Gasteiger partial charge in [-0.25, -0.2) is 0 Å². The van der Waals surface area contributed by atoms with Crippen LogP contribution in [-0.2, 0) is 6.42 Å². The fourth-order valence-electron chi connectivity index (χ4n) is 7.58. The van der Waals surface area contributed by atoms with Crippen LogP contribution in [0.1, 0.15) is 77.9 Å². The van der Waals surface area contributed by atoms with Crippen molar-refractivity contribution < 1.29 is 4.79 Å². The number of carbonyl (C=O) groups excluding carboxylic acids is 1. The molecule has 0 saturated carbocycles. The maximum absolute atomic E-state index is 14.4. The Balaban J connectivity index is 1.42. The van der Waals surface area contributed by atoms with Gasteiger partial charge in [-0.1, -0.05) is 54.0 Å². The molecule has 0 aromatic heterocycles. The van der Waals surface area contributed by atoms with Gasteiger partial charge in [0.25, 0.3) is 5.78 Å². The lowest BCUT2D eigenvalue weighted by Crippen LogP contribution is -2.34. The number of allylic oxidation sites excluding steroid dienone is 4. The molecule has 2 aliphatic heterocycles. The Labute approximate surface area is 251 Å². The van der Waals surface area contributed by atoms with Crippen molar-refractivity contribution >= 4 is 40.7 Å². The number of aryl methyl sites for hydroxylation is 4. The van der Waals surface area contributed by atoms with Crippen molar-refractivity contribution in [1.29, 1.82) is 0 Å². The van der Waals surface area contributed by atoms with Crippen LogP contribution in [-0.4, -0.2) is 24.6 Å². The van der Waals surface area contributed by atoms with E-state index in [2.05, 4.69) is 138 Å². The summed E-state index contributed by atoms with van der Waals surface area (Å²) in [4.78, 5) is 16.8. The van der Waals surface area contributed by atoms with E-state index in [1.165, 1.54) is 51.1 Å². The van der Waals surface area contributed by atoms with Crippen LogP contribution in [0.15, 0.2) is 71.8 Å². The number of carbonyl (C=O) groups is 1. The van der Waals surface area contributed by atoms with E-state index in [0.717, 1.165) is 34.6 Å². The zero-order chi connectivity index (χ0) is 29.9. The molecule has 0 saturated heterocycles. The first-order valence-electron chi connectivity index (χ1n) is 15.4. The second-order valence-electron chi connectivity index (χ2n) is 12.9. The molecule has 3 aromatic rings. The summed E-state index contributed by atoms with van der Waals surface area (Å²) >= 11 is 0. The topological polar surface area (TPSA) is 23.3 Å². The molecule has 1 aliphatic carbocycles. The first-order chi connectivity index (χ1) is 20.0. The lowest BCUT2D eigenvalue weighted by Gasteiger charge is -2.34. The van der Waals surface area contributed by atoms with Crippen molar-refractivity contribution in [3.8, 4) is 0 Å². The molecule has 0 N–H and O–H groups in total. The summed E-state index contributed by atoms with van der Waals surface area (Å²) in [5, 5.41) is 0. The minimum atomic E-state index is 0.0315. The molecule has 42 heavy (non-hydrogen) atoms. The number of anilines is 1. The first-order valence-corrected chi connectivity index (χ1v) is 15.4. The van der Waals surface area contributed by atoms with Gasteiger partial charge in [-0.05, 0) is 113 Å². The molecule has 3 heteroatoms. The molecule has 3 aromatic carbocycles. The largest absolute Gasteiger partial charge is 0.372 e. The van der Waals surface area contributed by atoms with Crippen LogP contribution in [0.4, 0.5) is 17.1 Å². The minimum absolute atomic E-state index is 0.0315. The Kier molecular flexibility index (Phi) is 7.17. The first kappa shape index (κ1) is 28.2. The molecule has 3 nitrogen and oxygen atoms in total. The van der Waals surface area contributed by atoms with Crippen LogP contribution in [0, 0.1) is 32.6 Å². The molecule has 0 spiro atoms. The highest BCUT2D eigenvalue weighted by Crippen LogP contribution is 2.41. The number of fused-ring (bicyclic) bond motifs is 2. The van der Waals surface area contributed by atoms with E-state index in [1.54, 1.807) is 0 Å². The summed E-state index contributed by atoms with van der Waals surface area (Å²) in [6, 6.07) is 18.2. The van der Waals surface area contributed by atoms with Crippen molar-refractivity contribution in [3.63, 3.8) is 0 Å². The molecule has 0 fully saturated rings. The summed E-state index contributed by atoms with van der Waals surface area (Å²) in [6.45, 7) is 15.3. The molecule has 214 valence electrons. The van der Waals surface area contributed by atoms with Crippen molar-refractivity contribution in [1.82, 2.24) is 4.58 Å². The molecule has 3 atom stereocenters. The molecule has 2 heterocycles. The second-order valence-corrected chi connectivity index (χ2v) is 12.9. The molecule has 0 radical (unpaired) electrons. The standard InChI is InChI=1S/C39H43N2O/c1-23-17-25(3)36(26(4)18-23)38-39(42)33-22-31(11-10-30-12-15-34-32(21-30)14-9-29(7)40(34)8)13-16-35(33)41(38)37-27(5)19-24(2)20-28(37)6/h10-13,15-22,25,29,36H,9,14H2,1-8H3/q+1/b11-10+. The minimum Gasteiger partial charge on any atom is -0.372 e. The molecule has 3 aliphatic rings. The zero-order valence-corrected chi connectivity index (χ0v) is 26.4. The lowest BCUT2D eigenvalue weighted by atomic mass is 9.77. The highest BCUT2D eigenvalue weighted by Gasteiger charge is 2.47. The third-order valence-electron chi connectivity index (χ3n) is 9.58. The van der Waals surface area contributed by atoms with Crippen LogP contribution in [0.25, 0.3) is 12.2 Å². The summed E-state index contributed by atoms with van der Waals surface area (Å²) < 4.78 is 2.28. The molecule has 6 rings (SSSR count). The number of nitrogens with zero attached hydrogens (tertiary/aromatic N) is 2. The summed E-state index contributed by atoms with van der Waals surface area (Å²) in [6.07, 6.45) is 11.2. The van der Waals surface area contributed by atoms with Gasteiger partial charge in [0.2, 0.25) is 17.1 Å². The number of ketones is 1. The van der Waals surface area contributed by atoms with Crippen molar-refractivity contribution in [2.45, 2.75) is 67.3 Å². The fourth-order valence-corrected chi connectivity index (χ4v) is 7.58. The van der Waals surface area contributed by atoms with Crippen molar-refractivity contribution in [3.05, 3.63) is 111 Å². The van der Waals surface area contributed by atoms with Gasteiger partial charge in [-0.15, -0.1) is 0 Å². The number of Topliss-reactive ketones (excluding diaryl/α,β-unsaturated/α-hetero) is 1. The van der Waals surface area contributed by atoms with E-state index in [0.29, 0.717) is 6.04 Å². The van der Waals surface area contributed by atoms with Gasteiger partial charge in [0.15, 0.2) is 0 Å². The Morgan fingerprint density at radius 1 is 0.881 bits per heavy atom. The monoisotopic (exact) mass is 555 g/mol. The van der Waals surface area contributed by atoms with E-state index >= 15 is 0 Å². The van der Waals surface area contributed by atoms with Crippen LogP contribution < -0.4 is 9.48 Å². The molecule has 3 unspecified atom stereocenters. The summed E-state index contributed by atoms with van der Waals surface area (Å²) in [5.74, 6) is 0.411. The van der Waals surface area contributed by atoms with Gasteiger partial charge in [0.05, 0.1) is 5.92 Å². The predicted molar refractivity (Wildman–Crippen MR) is 180 cm³/mol. The Morgan fingerprint density at radius 2 is 1.55 bits per heavy atom. The Morgan fingerprint density at radius 3 is 2.24 bits per heavy atom. The van der Waals surface area contributed by atoms with Gasteiger partial charge in [0, 0.05) is 36.0 Å². The molecular weight excluding hydrogens is 512 g/mol. The quantitative estimate of drug-likeness (QED) is 0.237. The lowest BCUT2D eigenvalue weighted by molar-refractivity contribution is 0.106. The van der Waals surface area contributed by atoms with Gasteiger partial charge in [-0.2, -0.15) is 4.58 Å². The SMILES string of the molecule is CC1=CC(C)C(C2=[N+](c3c(C)cc(C)cc3C)c3ccc(/C=C/c4ccc5c(c4)CCC(C)N5C)cc3C2=O)C(C)=C1. The number of hydrogen-bond acceptors (Lipinski definition) is 2.